The van der Waals surface area contributed by atoms with Crippen LogP contribution in [0.4, 0.5) is 21.5 Å². The summed E-state index contributed by atoms with van der Waals surface area (Å²) in [6.45, 7) is 0.981. The summed E-state index contributed by atoms with van der Waals surface area (Å²) in [7, 11) is 0. The van der Waals surface area contributed by atoms with E-state index in [0.29, 0.717) is 35.1 Å². The number of hydrogen-bond donors (Lipinski definition) is 3. The van der Waals surface area contributed by atoms with Crippen LogP contribution in [-0.4, -0.2) is 29.1 Å². The van der Waals surface area contributed by atoms with Crippen molar-refractivity contribution < 1.29 is 18.2 Å². The number of hydrogen-bond acceptors (Lipinski definition) is 3. The van der Waals surface area contributed by atoms with Gasteiger partial charge in [-0.15, -0.1) is 0 Å². The lowest BCUT2D eigenvalue weighted by molar-refractivity contribution is 0.101. The minimum atomic E-state index is -1.43. The standard InChI is InChI=1S/C22H17Cl2FN4O3S/c23-14-3-1-2-13(10-14)21(30)28-20-11-15(4-7-18(20)24)27-22(31)17-6-5-16(12-19(17)25)29-9-8-26-33(29)32/h1-7,10-12,26H,8-9H2,(H,27,31)(H,28,30). The Morgan fingerprint density at radius 2 is 1.82 bits per heavy atom. The zero-order chi connectivity index (χ0) is 23.5. The molecule has 1 unspecified atom stereocenters. The molecule has 2 amide bonds. The van der Waals surface area contributed by atoms with Crippen molar-refractivity contribution in [2.75, 3.05) is 28.0 Å². The molecule has 4 rings (SSSR count). The fourth-order valence-electron chi connectivity index (χ4n) is 3.18. The van der Waals surface area contributed by atoms with E-state index >= 15 is 0 Å². The average molecular weight is 507 g/mol. The van der Waals surface area contributed by atoms with E-state index in [1.54, 1.807) is 18.2 Å². The fourth-order valence-corrected chi connectivity index (χ4v) is 4.52. The van der Waals surface area contributed by atoms with Gasteiger partial charge in [0.2, 0.25) is 0 Å². The number of benzene rings is 3. The largest absolute Gasteiger partial charge is 0.322 e. The molecule has 1 aliphatic heterocycles. The van der Waals surface area contributed by atoms with Crippen LogP contribution in [-0.2, 0) is 11.2 Å². The highest BCUT2D eigenvalue weighted by Gasteiger charge is 2.22. The summed E-state index contributed by atoms with van der Waals surface area (Å²) in [6.07, 6.45) is 0. The Morgan fingerprint density at radius 1 is 1.00 bits per heavy atom. The highest BCUT2D eigenvalue weighted by atomic mass is 35.5. The third-order valence-electron chi connectivity index (χ3n) is 4.79. The van der Waals surface area contributed by atoms with Crippen molar-refractivity contribution in [3.05, 3.63) is 87.7 Å². The predicted molar refractivity (Wildman–Crippen MR) is 129 cm³/mol. The van der Waals surface area contributed by atoms with Gasteiger partial charge in [-0.05, 0) is 54.6 Å². The van der Waals surface area contributed by atoms with Crippen LogP contribution in [0.25, 0.3) is 0 Å². The molecule has 11 heteroatoms. The SMILES string of the molecule is O=C(Nc1cc(NC(=O)c2ccc(N3CCNS3=O)cc2F)ccc1Cl)c1cccc(Cl)c1. The van der Waals surface area contributed by atoms with E-state index in [1.165, 1.54) is 40.7 Å². The number of rotatable bonds is 5. The number of amides is 2. The third kappa shape index (κ3) is 5.33. The monoisotopic (exact) mass is 506 g/mol. The predicted octanol–water partition coefficient (Wildman–Crippen LogP) is 4.63. The maximum absolute atomic E-state index is 14.6. The van der Waals surface area contributed by atoms with Gasteiger partial charge in [0.25, 0.3) is 11.8 Å². The van der Waals surface area contributed by atoms with Crippen LogP contribution in [0, 0.1) is 5.82 Å². The second-order valence-corrected chi connectivity index (χ2v) is 9.09. The molecule has 0 spiro atoms. The molecule has 0 saturated carbocycles. The van der Waals surface area contributed by atoms with Gasteiger partial charge >= 0.3 is 0 Å². The Hall–Kier alpha value is -2.98. The Bertz CT molecular complexity index is 1270. The van der Waals surface area contributed by atoms with Crippen LogP contribution < -0.4 is 19.7 Å². The minimum Gasteiger partial charge on any atom is -0.322 e. The van der Waals surface area contributed by atoms with Crippen molar-refractivity contribution in [1.82, 2.24) is 4.72 Å². The summed E-state index contributed by atoms with van der Waals surface area (Å²) < 4.78 is 30.7. The molecule has 0 aliphatic carbocycles. The van der Waals surface area contributed by atoms with Gasteiger partial charge < -0.3 is 10.6 Å². The smallest absolute Gasteiger partial charge is 0.258 e. The van der Waals surface area contributed by atoms with Gasteiger partial charge in [0.05, 0.1) is 22.0 Å². The average Bonchev–Trinajstić information content (AvgIpc) is 3.21. The number of carbonyl (C=O) groups is 2. The molecule has 170 valence electrons. The van der Waals surface area contributed by atoms with Crippen molar-refractivity contribution in [2.24, 2.45) is 0 Å². The second-order valence-electron chi connectivity index (χ2n) is 7.02. The molecule has 7 nitrogen and oxygen atoms in total. The summed E-state index contributed by atoms with van der Waals surface area (Å²) in [4.78, 5) is 25.1. The van der Waals surface area contributed by atoms with Crippen LogP contribution in [0.5, 0.6) is 0 Å². The Morgan fingerprint density at radius 3 is 2.52 bits per heavy atom. The van der Waals surface area contributed by atoms with Gasteiger partial charge in [0, 0.05) is 29.4 Å². The summed E-state index contributed by atoms with van der Waals surface area (Å²) in [5.41, 5.74) is 1.13. The summed E-state index contributed by atoms with van der Waals surface area (Å²) >= 11 is 10.7. The molecule has 3 aromatic rings. The molecule has 1 saturated heterocycles. The molecule has 3 aromatic carbocycles. The first-order chi connectivity index (χ1) is 15.8. The number of nitrogens with one attached hydrogen (secondary N) is 3. The van der Waals surface area contributed by atoms with E-state index in [0.717, 1.165) is 6.07 Å². The number of carbonyl (C=O) groups excluding carboxylic acids is 2. The molecular formula is C22H17Cl2FN4O3S. The molecule has 0 radical (unpaired) electrons. The van der Waals surface area contributed by atoms with Crippen LogP contribution >= 0.6 is 23.2 Å². The zero-order valence-corrected chi connectivity index (χ0v) is 19.2. The number of nitrogens with zero attached hydrogens (tertiary/aromatic N) is 1. The third-order valence-corrected chi connectivity index (χ3v) is 6.59. The molecule has 33 heavy (non-hydrogen) atoms. The molecule has 1 fully saturated rings. The van der Waals surface area contributed by atoms with Gasteiger partial charge in [0.1, 0.15) is 5.82 Å². The van der Waals surface area contributed by atoms with Crippen molar-refractivity contribution >= 4 is 63.3 Å². The van der Waals surface area contributed by atoms with Crippen molar-refractivity contribution in [2.45, 2.75) is 0 Å². The van der Waals surface area contributed by atoms with Gasteiger partial charge in [0.15, 0.2) is 11.2 Å². The van der Waals surface area contributed by atoms with Crippen molar-refractivity contribution in [1.29, 1.82) is 0 Å². The minimum absolute atomic E-state index is 0.184. The van der Waals surface area contributed by atoms with Crippen molar-refractivity contribution in [3.63, 3.8) is 0 Å². The van der Waals surface area contributed by atoms with E-state index < -0.39 is 28.8 Å². The lowest BCUT2D eigenvalue weighted by atomic mass is 10.1. The van der Waals surface area contributed by atoms with Gasteiger partial charge in [-0.2, -0.15) is 0 Å². The highest BCUT2D eigenvalue weighted by molar-refractivity contribution is 7.84. The fraction of sp³-hybridized carbons (Fsp3) is 0.0909. The number of halogens is 3. The number of anilines is 3. The van der Waals surface area contributed by atoms with Crippen LogP contribution in [0.2, 0.25) is 10.0 Å². The van der Waals surface area contributed by atoms with Gasteiger partial charge in [-0.3, -0.25) is 13.9 Å². The van der Waals surface area contributed by atoms with E-state index in [-0.39, 0.29) is 16.3 Å². The summed E-state index contributed by atoms with van der Waals surface area (Å²) in [5.74, 6) is -1.87. The molecule has 3 N–H and O–H groups in total. The Balaban J connectivity index is 1.49. The summed E-state index contributed by atoms with van der Waals surface area (Å²) in [6, 6.07) is 14.9. The lowest BCUT2D eigenvalue weighted by Crippen LogP contribution is -2.23. The topological polar surface area (TPSA) is 90.5 Å². The van der Waals surface area contributed by atoms with Crippen LogP contribution in [0.3, 0.4) is 0 Å². The molecule has 1 atom stereocenters. The first-order valence-electron chi connectivity index (χ1n) is 9.72. The zero-order valence-electron chi connectivity index (χ0n) is 16.9. The van der Waals surface area contributed by atoms with E-state index in [4.69, 9.17) is 23.2 Å². The molecular weight excluding hydrogens is 490 g/mol. The maximum atomic E-state index is 14.6. The van der Waals surface area contributed by atoms with E-state index in [2.05, 4.69) is 15.4 Å². The normalized spacial score (nSPS) is 15.4. The first kappa shape index (κ1) is 23.2. The maximum Gasteiger partial charge on any atom is 0.258 e. The molecule has 0 aromatic heterocycles. The Kier molecular flexibility index (Phi) is 6.94. The first-order valence-corrected chi connectivity index (χ1v) is 11.6. The van der Waals surface area contributed by atoms with Crippen molar-refractivity contribution in [3.8, 4) is 0 Å². The molecule has 1 heterocycles. The van der Waals surface area contributed by atoms with Crippen LogP contribution in [0.1, 0.15) is 20.7 Å². The van der Waals surface area contributed by atoms with Gasteiger partial charge in [-0.25, -0.2) is 13.3 Å². The molecule has 0 bridgehead atoms. The summed E-state index contributed by atoms with van der Waals surface area (Å²) in [5, 5.41) is 5.92. The van der Waals surface area contributed by atoms with Gasteiger partial charge in [-0.1, -0.05) is 29.3 Å². The Labute approximate surface area is 201 Å². The lowest BCUT2D eigenvalue weighted by Gasteiger charge is -2.16. The van der Waals surface area contributed by atoms with E-state index in [1.807, 2.05) is 0 Å². The highest BCUT2D eigenvalue weighted by Crippen LogP contribution is 2.27. The quantitative estimate of drug-likeness (QED) is 0.471. The molecule has 1 aliphatic rings. The van der Waals surface area contributed by atoms with E-state index in [9.17, 15) is 18.2 Å². The van der Waals surface area contributed by atoms with Crippen LogP contribution in [0.15, 0.2) is 60.7 Å². The second kappa shape index (κ2) is 9.88.